The van der Waals surface area contributed by atoms with Gasteiger partial charge in [-0.1, -0.05) is 34.7 Å². The number of carbonyl (C=O) groups is 1. The summed E-state index contributed by atoms with van der Waals surface area (Å²) in [5.41, 5.74) is 0.834. The zero-order chi connectivity index (χ0) is 14.0. The molecule has 1 aromatic heterocycles. The first-order chi connectivity index (χ1) is 8.99. The van der Waals surface area contributed by atoms with Crippen molar-refractivity contribution in [3.63, 3.8) is 0 Å². The molecule has 102 valence electrons. The molecular formula is C12H13ClN2O2S2. The van der Waals surface area contributed by atoms with E-state index in [4.69, 9.17) is 11.6 Å². The van der Waals surface area contributed by atoms with E-state index in [-0.39, 0.29) is 10.1 Å². The third kappa shape index (κ3) is 3.32. The molecule has 4 nitrogen and oxygen atoms in total. The first kappa shape index (κ1) is 14.4. The summed E-state index contributed by atoms with van der Waals surface area (Å²) in [6.07, 6.45) is 0. The standard InChI is InChI=1S/C12H13ClN2O2S2/c1-14(2)11(16)18-6-5-15-9-7-8(13)3-4-10(9)19-12(15)17/h3-4,7H,5-6H2,1-2H3. The quantitative estimate of drug-likeness (QED) is 0.873. The van der Waals surface area contributed by atoms with E-state index >= 15 is 0 Å². The Morgan fingerprint density at radius 3 is 2.89 bits per heavy atom. The molecule has 7 heteroatoms. The van der Waals surface area contributed by atoms with Gasteiger partial charge in [0, 0.05) is 31.4 Å². The van der Waals surface area contributed by atoms with E-state index in [1.807, 2.05) is 6.07 Å². The highest BCUT2D eigenvalue weighted by atomic mass is 35.5. The fraction of sp³-hybridized carbons (Fsp3) is 0.333. The molecule has 0 aliphatic heterocycles. The molecular weight excluding hydrogens is 304 g/mol. The Morgan fingerprint density at radius 2 is 2.21 bits per heavy atom. The minimum atomic E-state index is -0.0184. The van der Waals surface area contributed by atoms with Crippen molar-refractivity contribution in [2.75, 3.05) is 19.8 Å². The number of amides is 1. The maximum absolute atomic E-state index is 11.9. The van der Waals surface area contributed by atoms with Crippen LogP contribution in [0.4, 0.5) is 4.79 Å². The zero-order valence-electron chi connectivity index (χ0n) is 10.6. The molecule has 0 aliphatic rings. The second kappa shape index (κ2) is 5.98. The van der Waals surface area contributed by atoms with Crippen molar-refractivity contribution in [2.45, 2.75) is 6.54 Å². The molecule has 0 unspecified atom stereocenters. The average Bonchev–Trinajstić information content (AvgIpc) is 2.65. The summed E-state index contributed by atoms with van der Waals surface area (Å²) in [6.45, 7) is 0.503. The predicted octanol–water partition coefficient (Wildman–Crippen LogP) is 3.13. The lowest BCUT2D eigenvalue weighted by Gasteiger charge is -2.09. The second-order valence-corrected chi connectivity index (χ2v) is 6.62. The van der Waals surface area contributed by atoms with Crippen LogP contribution in [0.25, 0.3) is 10.2 Å². The Kier molecular flexibility index (Phi) is 4.54. The Bertz CT molecular complexity index is 663. The number of rotatable bonds is 3. The largest absolute Gasteiger partial charge is 0.340 e. The molecule has 0 radical (unpaired) electrons. The summed E-state index contributed by atoms with van der Waals surface area (Å²) in [5.74, 6) is 0.565. The monoisotopic (exact) mass is 316 g/mol. The van der Waals surface area contributed by atoms with Crippen molar-refractivity contribution in [1.82, 2.24) is 9.47 Å². The first-order valence-corrected chi connectivity index (χ1v) is 7.80. The molecule has 1 heterocycles. The van der Waals surface area contributed by atoms with Crippen molar-refractivity contribution in [2.24, 2.45) is 0 Å². The van der Waals surface area contributed by atoms with Gasteiger partial charge in [0.2, 0.25) is 0 Å². The molecule has 2 aromatic rings. The Hall–Kier alpha value is -0.980. The Morgan fingerprint density at radius 1 is 1.47 bits per heavy atom. The molecule has 0 saturated carbocycles. The van der Waals surface area contributed by atoms with E-state index in [2.05, 4.69) is 0 Å². The van der Waals surface area contributed by atoms with Crippen LogP contribution in [0.5, 0.6) is 0 Å². The van der Waals surface area contributed by atoms with E-state index < -0.39 is 0 Å². The number of hydrogen-bond acceptors (Lipinski definition) is 4. The van der Waals surface area contributed by atoms with E-state index in [0.717, 1.165) is 10.2 Å². The normalized spacial score (nSPS) is 10.9. The van der Waals surface area contributed by atoms with Crippen molar-refractivity contribution in [3.05, 3.63) is 32.9 Å². The van der Waals surface area contributed by atoms with Gasteiger partial charge in [-0.15, -0.1) is 0 Å². The van der Waals surface area contributed by atoms with Crippen LogP contribution in [0.15, 0.2) is 23.0 Å². The van der Waals surface area contributed by atoms with Gasteiger partial charge in [-0.2, -0.15) is 0 Å². The average molecular weight is 317 g/mol. The van der Waals surface area contributed by atoms with Crippen LogP contribution in [0.2, 0.25) is 5.02 Å². The van der Waals surface area contributed by atoms with Crippen molar-refractivity contribution >= 4 is 50.2 Å². The number of benzene rings is 1. The minimum Gasteiger partial charge on any atom is -0.340 e. The summed E-state index contributed by atoms with van der Waals surface area (Å²) in [6, 6.07) is 5.40. The molecule has 19 heavy (non-hydrogen) atoms. The lowest BCUT2D eigenvalue weighted by molar-refractivity contribution is 0.241. The number of fused-ring (bicyclic) bond motifs is 1. The summed E-state index contributed by atoms with van der Waals surface area (Å²) in [7, 11) is 3.42. The highest BCUT2D eigenvalue weighted by molar-refractivity contribution is 8.13. The number of thioether (sulfide) groups is 1. The van der Waals surface area contributed by atoms with Crippen LogP contribution in [-0.2, 0) is 6.54 Å². The molecule has 0 spiro atoms. The number of aromatic nitrogens is 1. The lowest BCUT2D eigenvalue weighted by atomic mass is 10.3. The first-order valence-electron chi connectivity index (χ1n) is 5.62. The van der Waals surface area contributed by atoms with E-state index in [1.54, 1.807) is 30.8 Å². The number of thiazole rings is 1. The SMILES string of the molecule is CN(C)C(=O)SCCn1c(=O)sc2ccc(Cl)cc21. The number of carbonyl (C=O) groups excluding carboxylic acids is 1. The molecule has 1 amide bonds. The van der Waals surface area contributed by atoms with Gasteiger partial charge < -0.3 is 4.90 Å². The Balaban J connectivity index is 2.16. The molecule has 1 aromatic carbocycles. The fourth-order valence-corrected chi connectivity index (χ4v) is 3.37. The van der Waals surface area contributed by atoms with E-state index in [0.29, 0.717) is 17.3 Å². The van der Waals surface area contributed by atoms with Crippen molar-refractivity contribution in [3.8, 4) is 0 Å². The third-order valence-corrected chi connectivity index (χ3v) is 4.73. The Labute approximate surface area is 124 Å². The zero-order valence-corrected chi connectivity index (χ0v) is 12.9. The maximum atomic E-state index is 11.9. The number of halogens is 1. The van der Waals surface area contributed by atoms with Crippen LogP contribution < -0.4 is 4.87 Å². The van der Waals surface area contributed by atoms with Gasteiger partial charge in [0.1, 0.15) is 0 Å². The van der Waals surface area contributed by atoms with Gasteiger partial charge >= 0.3 is 4.87 Å². The minimum absolute atomic E-state index is 0.00869. The van der Waals surface area contributed by atoms with Crippen LogP contribution in [0, 0.1) is 0 Å². The summed E-state index contributed by atoms with van der Waals surface area (Å²) >= 11 is 8.35. The van der Waals surface area contributed by atoms with Gasteiger partial charge in [0.15, 0.2) is 0 Å². The smallest absolute Gasteiger partial charge is 0.308 e. The third-order valence-electron chi connectivity index (χ3n) is 2.54. The van der Waals surface area contributed by atoms with Crippen molar-refractivity contribution < 1.29 is 4.79 Å². The molecule has 2 rings (SSSR count). The van der Waals surface area contributed by atoms with Crippen molar-refractivity contribution in [1.29, 1.82) is 0 Å². The molecule has 0 saturated heterocycles. The number of aryl methyl sites for hydroxylation is 1. The second-order valence-electron chi connectivity index (χ2n) is 4.14. The molecule has 0 bridgehead atoms. The summed E-state index contributed by atoms with van der Waals surface area (Å²) in [4.78, 5) is 24.9. The van der Waals surface area contributed by atoms with E-state index in [1.165, 1.54) is 28.0 Å². The molecule has 0 N–H and O–H groups in total. The van der Waals surface area contributed by atoms with Gasteiger partial charge in [0.25, 0.3) is 5.24 Å². The maximum Gasteiger partial charge on any atom is 0.308 e. The summed E-state index contributed by atoms with van der Waals surface area (Å²) in [5, 5.41) is 0.599. The molecule has 0 atom stereocenters. The van der Waals surface area contributed by atoms with Gasteiger partial charge in [-0.05, 0) is 18.2 Å². The van der Waals surface area contributed by atoms with Crippen LogP contribution in [-0.4, -0.2) is 34.6 Å². The highest BCUT2D eigenvalue weighted by Crippen LogP contribution is 2.22. The van der Waals surface area contributed by atoms with E-state index in [9.17, 15) is 9.59 Å². The van der Waals surface area contributed by atoms with Gasteiger partial charge in [-0.3, -0.25) is 14.2 Å². The lowest BCUT2D eigenvalue weighted by Crippen LogP contribution is -2.19. The highest BCUT2D eigenvalue weighted by Gasteiger charge is 2.09. The molecule has 0 aliphatic carbocycles. The summed E-state index contributed by atoms with van der Waals surface area (Å²) < 4.78 is 2.58. The van der Waals surface area contributed by atoms with Gasteiger partial charge in [0.05, 0.1) is 10.2 Å². The predicted molar refractivity (Wildman–Crippen MR) is 82.6 cm³/mol. The van der Waals surface area contributed by atoms with Crippen LogP contribution in [0.1, 0.15) is 0 Å². The number of hydrogen-bond donors (Lipinski definition) is 0. The van der Waals surface area contributed by atoms with Crippen LogP contribution >= 0.6 is 34.7 Å². The topological polar surface area (TPSA) is 42.3 Å². The molecule has 0 fully saturated rings. The van der Waals surface area contributed by atoms with Gasteiger partial charge in [-0.25, -0.2) is 0 Å². The van der Waals surface area contributed by atoms with Crippen LogP contribution in [0.3, 0.4) is 0 Å². The number of nitrogens with zero attached hydrogens (tertiary/aromatic N) is 2. The fourth-order valence-electron chi connectivity index (χ4n) is 1.60.